The molecule has 2 fully saturated rings. The average molecular weight is 591 g/mol. The highest BCUT2D eigenvalue weighted by Crippen LogP contribution is 2.26. The first-order valence-electron chi connectivity index (χ1n) is 15.3. The number of nitrogens with one attached hydrogen (secondary N) is 4. The summed E-state index contributed by atoms with van der Waals surface area (Å²) in [6, 6.07) is 5.54. The number of nitrogens with zero attached hydrogens (tertiary/aromatic N) is 2. The van der Waals surface area contributed by atoms with E-state index in [0.717, 1.165) is 29.3 Å². The predicted octanol–water partition coefficient (Wildman–Crippen LogP) is 3.11. The molecule has 0 spiro atoms. The van der Waals surface area contributed by atoms with E-state index in [2.05, 4.69) is 39.8 Å². The number of aromatic nitrogens is 2. The molecule has 11 heteroatoms. The Balaban J connectivity index is 1.45. The third-order valence-corrected chi connectivity index (χ3v) is 8.77. The van der Waals surface area contributed by atoms with Crippen molar-refractivity contribution in [1.29, 1.82) is 0 Å². The Morgan fingerprint density at radius 1 is 1.16 bits per heavy atom. The first-order chi connectivity index (χ1) is 20.6. The Morgan fingerprint density at radius 2 is 1.95 bits per heavy atom. The van der Waals surface area contributed by atoms with Crippen molar-refractivity contribution in [1.82, 2.24) is 30.8 Å². The molecule has 2 aromatic heterocycles. The number of benzene rings is 1. The van der Waals surface area contributed by atoms with Gasteiger partial charge < -0.3 is 30.3 Å². The maximum atomic E-state index is 14.3. The van der Waals surface area contributed by atoms with E-state index in [4.69, 9.17) is 4.42 Å². The number of rotatable bonds is 6. The minimum Gasteiger partial charge on any atom is -0.448 e. The van der Waals surface area contributed by atoms with Gasteiger partial charge in [-0.25, -0.2) is 4.98 Å². The molecular weight excluding hydrogens is 548 g/mol. The molecule has 4 heterocycles. The number of amides is 4. The third kappa shape index (κ3) is 6.76. The lowest BCUT2D eigenvalue weighted by atomic mass is 9.92. The van der Waals surface area contributed by atoms with E-state index in [1.165, 1.54) is 11.3 Å². The summed E-state index contributed by atoms with van der Waals surface area (Å²) in [5.41, 5.74) is 2.04. The Kier molecular flexibility index (Phi) is 9.17. The molecule has 4 N–H and O–H groups in total. The SMILES string of the molecule is CCc1ocnc1C(=O)N[C@@H]1C[C@H]2C(=O)N[C@H](C(C)C)CC[C@@H](C)CC(=O)N[C@H](Cc3c[nH]c4ccccc34)C(=O)N2C1. The lowest BCUT2D eigenvalue weighted by molar-refractivity contribution is -0.141. The van der Waals surface area contributed by atoms with E-state index in [1.807, 2.05) is 44.3 Å². The van der Waals surface area contributed by atoms with E-state index in [0.29, 0.717) is 12.2 Å². The lowest BCUT2D eigenvalue weighted by Gasteiger charge is -2.30. The number of hydrogen-bond acceptors (Lipinski definition) is 6. The molecule has 5 atom stereocenters. The van der Waals surface area contributed by atoms with Crippen LogP contribution in [-0.2, 0) is 27.2 Å². The molecule has 43 heavy (non-hydrogen) atoms. The molecule has 2 aliphatic heterocycles. The van der Waals surface area contributed by atoms with E-state index in [-0.39, 0.29) is 67.1 Å². The van der Waals surface area contributed by atoms with E-state index in [1.54, 1.807) is 0 Å². The van der Waals surface area contributed by atoms with Crippen LogP contribution in [0.3, 0.4) is 0 Å². The number of aryl methyl sites for hydroxylation is 1. The summed E-state index contributed by atoms with van der Waals surface area (Å²) in [6.07, 6.45) is 5.90. The van der Waals surface area contributed by atoms with Gasteiger partial charge in [-0.05, 0) is 42.7 Å². The second-order valence-electron chi connectivity index (χ2n) is 12.3. The minimum absolute atomic E-state index is 0.0895. The standard InChI is InChI=1S/C32H42N6O5/c1-5-27-29(34-17-43-27)31(41)35-21-14-26-30(40)37-23(18(2)3)11-10-19(4)12-28(39)36-25(32(42)38(26)16-21)13-20-15-33-24-9-7-6-8-22(20)24/h6-9,15,17-19,21,23,25-26,33H,5,10-14,16H2,1-4H3,(H,35,41)(H,36,39)(H,37,40)/t19-,21-,23+,25-,26+/m1/s1. The van der Waals surface area contributed by atoms with Crippen molar-refractivity contribution in [3.63, 3.8) is 0 Å². The molecular formula is C32H42N6O5. The summed E-state index contributed by atoms with van der Waals surface area (Å²) >= 11 is 0. The Hall–Kier alpha value is -4.15. The topological polar surface area (TPSA) is 149 Å². The van der Waals surface area contributed by atoms with Crippen LogP contribution in [0.5, 0.6) is 0 Å². The van der Waals surface area contributed by atoms with Crippen molar-refractivity contribution in [2.45, 2.75) is 90.4 Å². The summed E-state index contributed by atoms with van der Waals surface area (Å²) in [5.74, 6) is -0.456. The van der Waals surface area contributed by atoms with Gasteiger partial charge in [0.15, 0.2) is 12.1 Å². The number of fused-ring (bicyclic) bond motifs is 2. The Labute approximate surface area is 251 Å². The monoisotopic (exact) mass is 590 g/mol. The number of aromatic amines is 1. The average Bonchev–Trinajstić information content (AvgIpc) is 3.72. The maximum Gasteiger partial charge on any atom is 0.273 e. The van der Waals surface area contributed by atoms with Gasteiger partial charge in [0.2, 0.25) is 17.7 Å². The van der Waals surface area contributed by atoms with Gasteiger partial charge >= 0.3 is 0 Å². The molecule has 0 aliphatic carbocycles. The molecule has 0 saturated carbocycles. The Morgan fingerprint density at radius 3 is 2.72 bits per heavy atom. The molecule has 230 valence electrons. The number of para-hydroxylation sites is 1. The van der Waals surface area contributed by atoms with Gasteiger partial charge in [-0.3, -0.25) is 19.2 Å². The minimum atomic E-state index is -0.882. The van der Waals surface area contributed by atoms with Crippen LogP contribution in [0.15, 0.2) is 41.3 Å². The Bertz CT molecular complexity index is 1480. The van der Waals surface area contributed by atoms with Crippen molar-refractivity contribution in [3.8, 4) is 0 Å². The third-order valence-electron chi connectivity index (χ3n) is 8.77. The number of hydrogen-bond donors (Lipinski definition) is 4. The van der Waals surface area contributed by atoms with Crippen LogP contribution in [0.2, 0.25) is 0 Å². The van der Waals surface area contributed by atoms with Gasteiger partial charge in [0.25, 0.3) is 5.91 Å². The summed E-state index contributed by atoms with van der Waals surface area (Å²) in [4.78, 5) is 63.4. The quantitative estimate of drug-likeness (QED) is 0.347. The van der Waals surface area contributed by atoms with Crippen LogP contribution >= 0.6 is 0 Å². The van der Waals surface area contributed by atoms with Gasteiger partial charge in [0.1, 0.15) is 17.8 Å². The van der Waals surface area contributed by atoms with Crippen LogP contribution in [-0.4, -0.2) is 69.2 Å². The fraction of sp³-hybridized carbons (Fsp3) is 0.531. The van der Waals surface area contributed by atoms with E-state index >= 15 is 0 Å². The van der Waals surface area contributed by atoms with Crippen molar-refractivity contribution in [3.05, 3.63) is 53.9 Å². The highest BCUT2D eigenvalue weighted by molar-refractivity contribution is 5.95. The molecule has 2 saturated heterocycles. The zero-order valence-corrected chi connectivity index (χ0v) is 25.3. The largest absolute Gasteiger partial charge is 0.448 e. The predicted molar refractivity (Wildman–Crippen MR) is 161 cm³/mol. The van der Waals surface area contributed by atoms with Crippen molar-refractivity contribution >= 4 is 34.5 Å². The zero-order chi connectivity index (χ0) is 30.7. The number of H-pyrrole nitrogens is 1. The molecule has 0 unspecified atom stereocenters. The van der Waals surface area contributed by atoms with Gasteiger partial charge in [0.05, 0.1) is 0 Å². The normalized spacial score (nSPS) is 25.5. The van der Waals surface area contributed by atoms with Crippen LogP contribution < -0.4 is 16.0 Å². The van der Waals surface area contributed by atoms with Crippen molar-refractivity contribution in [2.24, 2.45) is 11.8 Å². The second kappa shape index (κ2) is 13.0. The zero-order valence-electron chi connectivity index (χ0n) is 25.3. The molecule has 11 nitrogen and oxygen atoms in total. The summed E-state index contributed by atoms with van der Waals surface area (Å²) in [7, 11) is 0. The molecule has 0 bridgehead atoms. The van der Waals surface area contributed by atoms with E-state index < -0.39 is 24.0 Å². The van der Waals surface area contributed by atoms with Crippen molar-refractivity contribution < 1.29 is 23.6 Å². The lowest BCUT2D eigenvalue weighted by Crippen LogP contribution is -2.55. The van der Waals surface area contributed by atoms with Gasteiger partial charge in [-0.1, -0.05) is 45.9 Å². The second-order valence-corrected chi connectivity index (χ2v) is 12.3. The summed E-state index contributed by atoms with van der Waals surface area (Å²) < 4.78 is 5.33. The summed E-state index contributed by atoms with van der Waals surface area (Å²) in [6.45, 7) is 8.14. The van der Waals surface area contributed by atoms with E-state index in [9.17, 15) is 19.2 Å². The van der Waals surface area contributed by atoms with Gasteiger partial charge in [-0.2, -0.15) is 0 Å². The molecule has 5 rings (SSSR count). The first-order valence-corrected chi connectivity index (χ1v) is 15.3. The fourth-order valence-electron chi connectivity index (χ4n) is 6.30. The van der Waals surface area contributed by atoms with Crippen molar-refractivity contribution in [2.75, 3.05) is 6.54 Å². The number of carbonyl (C=O) groups excluding carboxylic acids is 4. The number of oxazole rings is 1. The highest BCUT2D eigenvalue weighted by Gasteiger charge is 2.43. The van der Waals surface area contributed by atoms with Crippen LogP contribution in [0.25, 0.3) is 10.9 Å². The molecule has 2 aliphatic rings. The van der Waals surface area contributed by atoms with Crippen LogP contribution in [0.1, 0.15) is 75.2 Å². The van der Waals surface area contributed by atoms with Crippen LogP contribution in [0, 0.1) is 11.8 Å². The highest BCUT2D eigenvalue weighted by atomic mass is 16.3. The molecule has 1 aromatic carbocycles. The first kappa shape index (κ1) is 30.3. The number of carbonyl (C=O) groups is 4. The smallest absolute Gasteiger partial charge is 0.273 e. The van der Waals surface area contributed by atoms with Gasteiger partial charge in [0, 0.05) is 55.0 Å². The van der Waals surface area contributed by atoms with Crippen LogP contribution in [0.4, 0.5) is 0 Å². The molecule has 0 radical (unpaired) electrons. The molecule has 3 aromatic rings. The summed E-state index contributed by atoms with van der Waals surface area (Å²) in [5, 5.41) is 10.1. The maximum absolute atomic E-state index is 14.3. The molecule has 4 amide bonds. The van der Waals surface area contributed by atoms with Gasteiger partial charge in [-0.15, -0.1) is 0 Å². The fourth-order valence-corrected chi connectivity index (χ4v) is 6.30.